The molecule has 1 atom stereocenters. The molecule has 1 aliphatic rings. The van der Waals surface area contributed by atoms with Crippen molar-refractivity contribution in [3.05, 3.63) is 124 Å². The molecular weight excluding hydrogens is 425 g/mol. The van der Waals surface area contributed by atoms with Gasteiger partial charge < -0.3 is 14.8 Å². The number of carbonyl (C=O) groups is 1. The van der Waals surface area contributed by atoms with Crippen LogP contribution in [0.15, 0.2) is 91.1 Å². The molecule has 3 aromatic carbocycles. The van der Waals surface area contributed by atoms with Crippen LogP contribution in [-0.2, 0) is 13.1 Å². The quantitative estimate of drug-likeness (QED) is 0.407. The van der Waals surface area contributed by atoms with Crippen molar-refractivity contribution >= 4 is 17.6 Å². The number of fused-ring (bicyclic) bond motifs is 3. The highest BCUT2D eigenvalue weighted by Crippen LogP contribution is 2.36. The fourth-order valence-electron chi connectivity index (χ4n) is 4.22. The van der Waals surface area contributed by atoms with Crippen molar-refractivity contribution in [1.82, 2.24) is 14.8 Å². The standard InChI is InChI=1S/C26H21ClFN3O/c27-21-11-9-19(10-12-21)25-24-6-3-15-30(24)23-5-2-1-4-20(23)17-31(25)26(32)29-16-18-7-13-22(28)14-8-18/h1-15,25H,16-17H2,(H,29,32)/t25-/m0/s1. The third-order valence-corrected chi connectivity index (χ3v) is 6.02. The van der Waals surface area contributed by atoms with Gasteiger partial charge in [0.25, 0.3) is 0 Å². The highest BCUT2D eigenvalue weighted by Gasteiger charge is 2.32. The minimum atomic E-state index is -0.303. The number of hydrogen-bond donors (Lipinski definition) is 1. The predicted molar refractivity (Wildman–Crippen MR) is 123 cm³/mol. The first-order valence-electron chi connectivity index (χ1n) is 10.4. The Hall–Kier alpha value is -3.57. The summed E-state index contributed by atoms with van der Waals surface area (Å²) in [6.07, 6.45) is 2.02. The van der Waals surface area contributed by atoms with Gasteiger partial charge in [-0.1, -0.05) is 54.1 Å². The van der Waals surface area contributed by atoms with Gasteiger partial charge in [-0.15, -0.1) is 0 Å². The summed E-state index contributed by atoms with van der Waals surface area (Å²) in [5, 5.41) is 3.66. The molecular formula is C26H21ClFN3O. The van der Waals surface area contributed by atoms with Crippen LogP contribution in [0.5, 0.6) is 0 Å². The molecule has 2 amide bonds. The van der Waals surface area contributed by atoms with Crippen LogP contribution in [0.4, 0.5) is 9.18 Å². The number of amides is 2. The first kappa shape index (κ1) is 20.3. The van der Waals surface area contributed by atoms with Crippen LogP contribution in [-0.4, -0.2) is 15.5 Å². The monoisotopic (exact) mass is 445 g/mol. The van der Waals surface area contributed by atoms with Crippen LogP contribution in [0, 0.1) is 5.82 Å². The zero-order valence-corrected chi connectivity index (χ0v) is 18.0. The van der Waals surface area contributed by atoms with Crippen molar-refractivity contribution in [2.75, 3.05) is 0 Å². The largest absolute Gasteiger partial charge is 0.334 e. The smallest absolute Gasteiger partial charge is 0.318 e. The number of urea groups is 1. The molecule has 160 valence electrons. The topological polar surface area (TPSA) is 37.3 Å². The number of benzene rings is 3. The van der Waals surface area contributed by atoms with Gasteiger partial charge >= 0.3 is 6.03 Å². The summed E-state index contributed by atoms with van der Waals surface area (Å²) >= 11 is 6.14. The van der Waals surface area contributed by atoms with Gasteiger partial charge in [0.2, 0.25) is 0 Å². The second-order valence-corrected chi connectivity index (χ2v) is 8.24. The number of nitrogens with one attached hydrogen (secondary N) is 1. The molecule has 0 unspecified atom stereocenters. The lowest BCUT2D eigenvalue weighted by atomic mass is 10.0. The number of carbonyl (C=O) groups excluding carboxylic acids is 1. The first-order chi connectivity index (χ1) is 15.6. The molecule has 6 heteroatoms. The van der Waals surface area contributed by atoms with Crippen LogP contribution >= 0.6 is 11.6 Å². The molecule has 0 saturated carbocycles. The average molecular weight is 446 g/mol. The molecule has 2 heterocycles. The summed E-state index contributed by atoms with van der Waals surface area (Å²) in [6.45, 7) is 0.756. The number of aromatic nitrogens is 1. The Bertz CT molecular complexity index is 1250. The van der Waals surface area contributed by atoms with Gasteiger partial charge in [0.05, 0.1) is 18.3 Å². The van der Waals surface area contributed by atoms with E-state index >= 15 is 0 Å². The second kappa shape index (κ2) is 8.52. The summed E-state index contributed by atoms with van der Waals surface area (Å²) in [5.74, 6) is -0.298. The molecule has 1 N–H and O–H groups in total. The Morgan fingerprint density at radius 3 is 2.50 bits per heavy atom. The third-order valence-electron chi connectivity index (χ3n) is 5.77. The van der Waals surface area contributed by atoms with Crippen LogP contribution in [0.1, 0.15) is 28.4 Å². The number of rotatable bonds is 3. The van der Waals surface area contributed by atoms with E-state index in [9.17, 15) is 9.18 Å². The van der Waals surface area contributed by atoms with E-state index in [1.165, 1.54) is 12.1 Å². The summed E-state index contributed by atoms with van der Waals surface area (Å²) in [5.41, 5.74) is 4.91. The first-order valence-corrected chi connectivity index (χ1v) is 10.8. The minimum absolute atomic E-state index is 0.196. The Balaban J connectivity index is 1.54. The van der Waals surface area contributed by atoms with Crippen LogP contribution in [0.3, 0.4) is 0 Å². The zero-order chi connectivity index (χ0) is 22.1. The van der Waals surface area contributed by atoms with Gasteiger partial charge in [0, 0.05) is 23.5 Å². The molecule has 0 bridgehead atoms. The second-order valence-electron chi connectivity index (χ2n) is 7.80. The Kier molecular flexibility index (Phi) is 5.41. The Labute approximate surface area is 190 Å². The fraction of sp³-hybridized carbons (Fsp3) is 0.115. The molecule has 0 spiro atoms. The summed E-state index contributed by atoms with van der Waals surface area (Å²) in [7, 11) is 0. The molecule has 5 rings (SSSR count). The van der Waals surface area contributed by atoms with Crippen molar-refractivity contribution in [2.24, 2.45) is 0 Å². The Morgan fingerprint density at radius 1 is 0.969 bits per heavy atom. The van der Waals surface area contributed by atoms with Crippen LogP contribution < -0.4 is 5.32 Å². The summed E-state index contributed by atoms with van der Waals surface area (Å²) in [4.78, 5) is 15.3. The fourth-order valence-corrected chi connectivity index (χ4v) is 4.34. The van der Waals surface area contributed by atoms with E-state index in [0.29, 0.717) is 18.1 Å². The highest BCUT2D eigenvalue weighted by molar-refractivity contribution is 6.30. The number of hydrogen-bond acceptors (Lipinski definition) is 1. The molecule has 0 saturated heterocycles. The number of halogens is 2. The molecule has 4 aromatic rings. The van der Waals surface area contributed by atoms with Gasteiger partial charge in [-0.25, -0.2) is 9.18 Å². The minimum Gasteiger partial charge on any atom is -0.334 e. The van der Waals surface area contributed by atoms with Gasteiger partial charge in [0.15, 0.2) is 0 Å². The van der Waals surface area contributed by atoms with Gasteiger partial charge in [-0.3, -0.25) is 0 Å². The lowest BCUT2D eigenvalue weighted by Gasteiger charge is -2.31. The van der Waals surface area contributed by atoms with E-state index in [2.05, 4.69) is 16.0 Å². The average Bonchev–Trinajstić information content (AvgIpc) is 3.24. The molecule has 0 aliphatic carbocycles. The lowest BCUT2D eigenvalue weighted by molar-refractivity contribution is 0.180. The van der Waals surface area contributed by atoms with Crippen molar-refractivity contribution in [3.8, 4) is 5.69 Å². The zero-order valence-electron chi connectivity index (χ0n) is 17.2. The molecule has 4 nitrogen and oxygen atoms in total. The Morgan fingerprint density at radius 2 is 1.72 bits per heavy atom. The maximum absolute atomic E-state index is 13.5. The molecule has 0 radical (unpaired) electrons. The van der Waals surface area contributed by atoms with Gasteiger partial charge in [-0.05, 0) is 59.2 Å². The number of nitrogens with zero attached hydrogens (tertiary/aromatic N) is 2. The van der Waals surface area contributed by atoms with Crippen molar-refractivity contribution < 1.29 is 9.18 Å². The highest BCUT2D eigenvalue weighted by atomic mass is 35.5. The van der Waals surface area contributed by atoms with Crippen molar-refractivity contribution in [2.45, 2.75) is 19.1 Å². The normalized spacial score (nSPS) is 14.9. The molecule has 0 fully saturated rings. The lowest BCUT2D eigenvalue weighted by Crippen LogP contribution is -2.41. The third kappa shape index (κ3) is 3.87. The predicted octanol–water partition coefficient (Wildman–Crippen LogP) is 6.08. The van der Waals surface area contributed by atoms with E-state index in [1.807, 2.05) is 65.7 Å². The van der Waals surface area contributed by atoms with Crippen molar-refractivity contribution in [1.29, 1.82) is 0 Å². The van der Waals surface area contributed by atoms with E-state index in [0.717, 1.165) is 28.1 Å². The van der Waals surface area contributed by atoms with Gasteiger partial charge in [0.1, 0.15) is 5.82 Å². The van der Waals surface area contributed by atoms with Crippen molar-refractivity contribution in [3.63, 3.8) is 0 Å². The maximum atomic E-state index is 13.5. The van der Waals surface area contributed by atoms with E-state index in [4.69, 9.17) is 11.6 Å². The SMILES string of the molecule is O=C(NCc1ccc(F)cc1)N1Cc2ccccc2-n2cccc2[C@@H]1c1ccc(Cl)cc1. The van der Waals surface area contributed by atoms with Crippen LogP contribution in [0.2, 0.25) is 5.02 Å². The maximum Gasteiger partial charge on any atom is 0.318 e. The molecule has 32 heavy (non-hydrogen) atoms. The van der Waals surface area contributed by atoms with E-state index in [1.54, 1.807) is 12.1 Å². The van der Waals surface area contributed by atoms with E-state index < -0.39 is 0 Å². The number of para-hydroxylation sites is 1. The van der Waals surface area contributed by atoms with E-state index in [-0.39, 0.29) is 17.9 Å². The van der Waals surface area contributed by atoms with Crippen LogP contribution in [0.25, 0.3) is 5.69 Å². The summed E-state index contributed by atoms with van der Waals surface area (Å²) < 4.78 is 15.4. The van der Waals surface area contributed by atoms with Gasteiger partial charge in [-0.2, -0.15) is 0 Å². The molecule has 1 aliphatic heterocycles. The summed E-state index contributed by atoms with van der Waals surface area (Å²) in [6, 6.07) is 25.4. The molecule has 1 aromatic heterocycles.